The van der Waals surface area contributed by atoms with Crippen molar-refractivity contribution in [2.75, 3.05) is 7.11 Å². The standard InChI is InChI=1S/C13H15N3O3S/c1-6-9-11(17)15-8(5-14-7-3-4-7)16-12(9)20-10(6)13(18)19-2/h7,14H,3-5H2,1-2H3,(H,15,16,17). The molecule has 1 fully saturated rings. The lowest BCUT2D eigenvalue weighted by Crippen LogP contribution is -2.20. The van der Waals surface area contributed by atoms with E-state index in [1.807, 2.05) is 0 Å². The van der Waals surface area contributed by atoms with Crippen molar-refractivity contribution in [2.45, 2.75) is 32.4 Å². The van der Waals surface area contributed by atoms with Gasteiger partial charge in [-0.2, -0.15) is 0 Å². The summed E-state index contributed by atoms with van der Waals surface area (Å²) in [5.41, 5.74) is 0.429. The van der Waals surface area contributed by atoms with Crippen LogP contribution in [0.25, 0.3) is 10.2 Å². The van der Waals surface area contributed by atoms with Crippen molar-refractivity contribution >= 4 is 27.5 Å². The third-order valence-corrected chi connectivity index (χ3v) is 4.52. The first-order chi connectivity index (χ1) is 9.60. The monoisotopic (exact) mass is 293 g/mol. The number of fused-ring (bicyclic) bond motifs is 1. The van der Waals surface area contributed by atoms with E-state index in [1.54, 1.807) is 6.92 Å². The molecule has 20 heavy (non-hydrogen) atoms. The summed E-state index contributed by atoms with van der Waals surface area (Å²) in [7, 11) is 1.33. The van der Waals surface area contributed by atoms with E-state index >= 15 is 0 Å². The quantitative estimate of drug-likeness (QED) is 0.831. The maximum absolute atomic E-state index is 12.1. The topological polar surface area (TPSA) is 84.1 Å². The second kappa shape index (κ2) is 4.99. The third kappa shape index (κ3) is 2.34. The second-order valence-corrected chi connectivity index (χ2v) is 5.89. The van der Waals surface area contributed by atoms with Gasteiger partial charge < -0.3 is 15.0 Å². The molecule has 1 saturated carbocycles. The third-order valence-electron chi connectivity index (χ3n) is 3.36. The van der Waals surface area contributed by atoms with Gasteiger partial charge in [0.1, 0.15) is 15.5 Å². The number of aromatic nitrogens is 2. The number of hydrogen-bond donors (Lipinski definition) is 2. The molecule has 0 amide bonds. The summed E-state index contributed by atoms with van der Waals surface area (Å²) in [6.45, 7) is 2.28. The fourth-order valence-corrected chi connectivity index (χ4v) is 3.21. The minimum absolute atomic E-state index is 0.202. The van der Waals surface area contributed by atoms with E-state index in [2.05, 4.69) is 15.3 Å². The number of nitrogens with zero attached hydrogens (tertiary/aromatic N) is 1. The number of ether oxygens (including phenoxy) is 1. The summed E-state index contributed by atoms with van der Waals surface area (Å²) < 4.78 is 4.72. The van der Waals surface area contributed by atoms with Crippen molar-refractivity contribution in [3.63, 3.8) is 0 Å². The first-order valence-electron chi connectivity index (χ1n) is 6.44. The highest BCUT2D eigenvalue weighted by molar-refractivity contribution is 7.20. The summed E-state index contributed by atoms with van der Waals surface area (Å²) in [5, 5.41) is 3.78. The number of methoxy groups -OCH3 is 1. The van der Waals surface area contributed by atoms with Crippen LogP contribution in [0, 0.1) is 6.92 Å². The molecule has 0 saturated heterocycles. The molecule has 0 atom stereocenters. The Bertz CT molecular complexity index is 730. The molecule has 6 nitrogen and oxygen atoms in total. The predicted molar refractivity (Wildman–Crippen MR) is 76.2 cm³/mol. The Morgan fingerprint density at radius 2 is 2.30 bits per heavy atom. The molecule has 2 heterocycles. The molecule has 1 aliphatic rings. The summed E-state index contributed by atoms with van der Waals surface area (Å²) >= 11 is 1.20. The Labute approximate surface area is 119 Å². The predicted octanol–water partition coefficient (Wildman–Crippen LogP) is 1.33. The van der Waals surface area contributed by atoms with Crippen LogP contribution >= 0.6 is 11.3 Å². The van der Waals surface area contributed by atoms with E-state index in [0.717, 1.165) is 0 Å². The first-order valence-corrected chi connectivity index (χ1v) is 7.25. The van der Waals surface area contributed by atoms with Crippen LogP contribution in [0.2, 0.25) is 0 Å². The highest BCUT2D eigenvalue weighted by Crippen LogP contribution is 2.27. The molecule has 2 aromatic heterocycles. The largest absolute Gasteiger partial charge is 0.465 e. The number of carbonyl (C=O) groups excluding carboxylic acids is 1. The summed E-state index contributed by atoms with van der Waals surface area (Å²) in [4.78, 5) is 32.0. The van der Waals surface area contributed by atoms with Crippen LogP contribution in [0.1, 0.15) is 33.9 Å². The van der Waals surface area contributed by atoms with Crippen LogP contribution in [0.3, 0.4) is 0 Å². The average Bonchev–Trinajstić information content (AvgIpc) is 3.19. The van der Waals surface area contributed by atoms with Crippen LogP contribution < -0.4 is 10.9 Å². The first kappa shape index (κ1) is 13.3. The van der Waals surface area contributed by atoms with Gasteiger partial charge >= 0.3 is 5.97 Å². The maximum atomic E-state index is 12.1. The molecular formula is C13H15N3O3S. The fraction of sp³-hybridized carbons (Fsp3) is 0.462. The van der Waals surface area contributed by atoms with Gasteiger partial charge in [0.15, 0.2) is 0 Å². The van der Waals surface area contributed by atoms with Gasteiger partial charge in [-0.05, 0) is 25.3 Å². The zero-order valence-electron chi connectivity index (χ0n) is 11.3. The SMILES string of the molecule is COC(=O)c1sc2nc(CNC3CC3)[nH]c(=O)c2c1C. The van der Waals surface area contributed by atoms with Crippen LogP contribution in [0.4, 0.5) is 0 Å². The van der Waals surface area contributed by atoms with Gasteiger partial charge in [0.25, 0.3) is 5.56 Å². The molecule has 0 aromatic carbocycles. The zero-order chi connectivity index (χ0) is 14.3. The lowest BCUT2D eigenvalue weighted by molar-refractivity contribution is 0.0605. The molecule has 0 spiro atoms. The molecule has 0 bridgehead atoms. The Balaban J connectivity index is 2.02. The Kier molecular flexibility index (Phi) is 3.31. The molecule has 1 aliphatic carbocycles. The van der Waals surface area contributed by atoms with E-state index in [9.17, 15) is 9.59 Å². The van der Waals surface area contributed by atoms with Gasteiger partial charge in [0, 0.05) is 6.04 Å². The highest BCUT2D eigenvalue weighted by Gasteiger charge is 2.22. The lowest BCUT2D eigenvalue weighted by Gasteiger charge is -2.02. The van der Waals surface area contributed by atoms with Crippen LogP contribution in [-0.4, -0.2) is 29.1 Å². The van der Waals surface area contributed by atoms with Gasteiger partial charge in [-0.1, -0.05) is 0 Å². The number of thiophene rings is 1. The fourth-order valence-electron chi connectivity index (χ4n) is 2.09. The molecule has 2 N–H and O–H groups in total. The van der Waals surface area contributed by atoms with Crippen molar-refractivity contribution in [1.82, 2.24) is 15.3 Å². The second-order valence-electron chi connectivity index (χ2n) is 4.90. The maximum Gasteiger partial charge on any atom is 0.348 e. The summed E-state index contributed by atoms with van der Waals surface area (Å²) in [6, 6.07) is 0.548. The Morgan fingerprint density at radius 3 is 2.95 bits per heavy atom. The van der Waals surface area contributed by atoms with Crippen molar-refractivity contribution in [3.8, 4) is 0 Å². The van der Waals surface area contributed by atoms with Crippen LogP contribution in [-0.2, 0) is 11.3 Å². The van der Waals surface area contributed by atoms with Gasteiger partial charge in [0.2, 0.25) is 0 Å². The van der Waals surface area contributed by atoms with Crippen molar-refractivity contribution in [2.24, 2.45) is 0 Å². The van der Waals surface area contributed by atoms with E-state index in [0.29, 0.717) is 39.1 Å². The van der Waals surface area contributed by atoms with E-state index in [1.165, 1.54) is 31.3 Å². The summed E-state index contributed by atoms with van der Waals surface area (Å²) in [6.07, 6.45) is 2.36. The number of esters is 1. The number of nitrogens with one attached hydrogen (secondary N) is 2. The average molecular weight is 293 g/mol. The normalized spacial score (nSPS) is 14.7. The molecule has 0 radical (unpaired) electrons. The molecule has 7 heteroatoms. The number of H-pyrrole nitrogens is 1. The van der Waals surface area contributed by atoms with Crippen molar-refractivity contribution in [1.29, 1.82) is 0 Å². The number of hydrogen-bond acceptors (Lipinski definition) is 6. The molecule has 106 valence electrons. The number of aryl methyl sites for hydroxylation is 1. The highest BCUT2D eigenvalue weighted by atomic mass is 32.1. The van der Waals surface area contributed by atoms with Gasteiger partial charge in [-0.25, -0.2) is 9.78 Å². The Morgan fingerprint density at radius 1 is 1.55 bits per heavy atom. The number of aromatic amines is 1. The molecule has 2 aromatic rings. The zero-order valence-corrected chi connectivity index (χ0v) is 12.1. The summed E-state index contributed by atoms with van der Waals surface area (Å²) in [5.74, 6) is 0.176. The van der Waals surface area contributed by atoms with Gasteiger partial charge in [-0.3, -0.25) is 4.79 Å². The minimum Gasteiger partial charge on any atom is -0.465 e. The molecule has 3 rings (SSSR count). The van der Waals surface area contributed by atoms with Crippen molar-refractivity contribution in [3.05, 3.63) is 26.6 Å². The Hall–Kier alpha value is -1.73. The van der Waals surface area contributed by atoms with E-state index in [4.69, 9.17) is 4.74 Å². The molecule has 0 aliphatic heterocycles. The van der Waals surface area contributed by atoms with Gasteiger partial charge in [0.05, 0.1) is 19.0 Å². The lowest BCUT2D eigenvalue weighted by atomic mass is 10.2. The number of carbonyl (C=O) groups is 1. The van der Waals surface area contributed by atoms with Crippen LogP contribution in [0.15, 0.2) is 4.79 Å². The number of rotatable bonds is 4. The van der Waals surface area contributed by atoms with E-state index in [-0.39, 0.29) is 5.56 Å². The van der Waals surface area contributed by atoms with Gasteiger partial charge in [-0.15, -0.1) is 11.3 Å². The molecular weight excluding hydrogens is 278 g/mol. The van der Waals surface area contributed by atoms with E-state index < -0.39 is 5.97 Å². The minimum atomic E-state index is -0.428. The molecule has 0 unspecified atom stereocenters. The van der Waals surface area contributed by atoms with Crippen LogP contribution in [0.5, 0.6) is 0 Å². The smallest absolute Gasteiger partial charge is 0.348 e. The van der Waals surface area contributed by atoms with Crippen molar-refractivity contribution < 1.29 is 9.53 Å².